The SMILES string of the molecule is C[C@H](NC(=O)CCCO)C1CCCCCC1. The van der Waals surface area contributed by atoms with Crippen molar-refractivity contribution in [2.75, 3.05) is 6.61 Å². The van der Waals surface area contributed by atoms with E-state index in [9.17, 15) is 4.79 Å². The third kappa shape index (κ3) is 4.97. The maximum Gasteiger partial charge on any atom is 0.220 e. The molecule has 1 atom stereocenters. The maximum atomic E-state index is 11.5. The normalized spacial score (nSPS) is 20.1. The van der Waals surface area contributed by atoms with E-state index in [0.717, 1.165) is 0 Å². The van der Waals surface area contributed by atoms with Crippen LogP contribution in [0, 0.1) is 5.92 Å². The van der Waals surface area contributed by atoms with Gasteiger partial charge in [0.15, 0.2) is 0 Å². The van der Waals surface area contributed by atoms with Crippen molar-refractivity contribution in [3.63, 3.8) is 0 Å². The lowest BCUT2D eigenvalue weighted by Gasteiger charge is -2.23. The summed E-state index contributed by atoms with van der Waals surface area (Å²) in [6.07, 6.45) is 8.84. The summed E-state index contributed by atoms with van der Waals surface area (Å²) >= 11 is 0. The van der Waals surface area contributed by atoms with Crippen molar-refractivity contribution in [1.29, 1.82) is 0 Å². The first-order valence-corrected chi connectivity index (χ1v) is 6.64. The minimum Gasteiger partial charge on any atom is -0.396 e. The molecule has 1 saturated carbocycles. The number of nitrogens with one attached hydrogen (secondary N) is 1. The molecule has 94 valence electrons. The number of hydrogen-bond donors (Lipinski definition) is 2. The molecular weight excluding hydrogens is 202 g/mol. The van der Waals surface area contributed by atoms with Crippen LogP contribution < -0.4 is 5.32 Å². The van der Waals surface area contributed by atoms with Crippen molar-refractivity contribution in [1.82, 2.24) is 5.32 Å². The molecule has 0 unspecified atom stereocenters. The highest BCUT2D eigenvalue weighted by atomic mass is 16.3. The standard InChI is InChI=1S/C13H25NO2/c1-11(14-13(16)9-6-10-15)12-7-4-2-3-5-8-12/h11-12,15H,2-10H2,1H3,(H,14,16)/t11-/m0/s1. The largest absolute Gasteiger partial charge is 0.396 e. The molecule has 3 nitrogen and oxygen atoms in total. The van der Waals surface area contributed by atoms with Gasteiger partial charge in [-0.05, 0) is 32.1 Å². The second-order valence-corrected chi connectivity index (χ2v) is 4.93. The zero-order valence-corrected chi connectivity index (χ0v) is 10.4. The molecule has 0 aromatic carbocycles. The Morgan fingerprint density at radius 1 is 1.31 bits per heavy atom. The van der Waals surface area contributed by atoms with Crippen LogP contribution in [0.5, 0.6) is 0 Å². The van der Waals surface area contributed by atoms with Crippen molar-refractivity contribution >= 4 is 5.91 Å². The Morgan fingerprint density at radius 2 is 1.94 bits per heavy atom. The summed E-state index contributed by atoms with van der Waals surface area (Å²) in [7, 11) is 0. The van der Waals surface area contributed by atoms with E-state index in [1.807, 2.05) is 0 Å². The monoisotopic (exact) mass is 227 g/mol. The number of aliphatic hydroxyl groups is 1. The fourth-order valence-corrected chi connectivity index (χ4v) is 2.49. The maximum absolute atomic E-state index is 11.5. The summed E-state index contributed by atoms with van der Waals surface area (Å²) in [6, 6.07) is 0.296. The number of hydrogen-bond acceptors (Lipinski definition) is 2. The van der Waals surface area contributed by atoms with Crippen LogP contribution in [0.1, 0.15) is 58.3 Å². The molecule has 0 saturated heterocycles. The molecule has 16 heavy (non-hydrogen) atoms. The number of aliphatic hydroxyl groups excluding tert-OH is 1. The average Bonchev–Trinajstić information content (AvgIpc) is 2.54. The van der Waals surface area contributed by atoms with E-state index >= 15 is 0 Å². The Morgan fingerprint density at radius 3 is 2.50 bits per heavy atom. The fraction of sp³-hybridized carbons (Fsp3) is 0.923. The molecule has 0 aromatic heterocycles. The second kappa shape index (κ2) is 7.66. The third-order valence-electron chi connectivity index (χ3n) is 3.56. The van der Waals surface area contributed by atoms with Crippen LogP contribution >= 0.6 is 0 Å². The molecule has 1 amide bonds. The van der Waals surface area contributed by atoms with E-state index in [2.05, 4.69) is 12.2 Å². The lowest BCUT2D eigenvalue weighted by atomic mass is 9.93. The Hall–Kier alpha value is -0.570. The van der Waals surface area contributed by atoms with Crippen molar-refractivity contribution in [3.05, 3.63) is 0 Å². The van der Waals surface area contributed by atoms with Gasteiger partial charge in [0, 0.05) is 19.1 Å². The molecule has 2 N–H and O–H groups in total. The quantitative estimate of drug-likeness (QED) is 0.708. The molecule has 1 aliphatic rings. The Labute approximate surface area is 98.6 Å². The lowest BCUT2D eigenvalue weighted by molar-refractivity contribution is -0.122. The zero-order chi connectivity index (χ0) is 11.8. The van der Waals surface area contributed by atoms with Crippen LogP contribution in [-0.2, 0) is 4.79 Å². The van der Waals surface area contributed by atoms with Gasteiger partial charge in [0.1, 0.15) is 0 Å². The van der Waals surface area contributed by atoms with E-state index in [-0.39, 0.29) is 12.5 Å². The molecule has 0 heterocycles. The smallest absolute Gasteiger partial charge is 0.220 e. The molecule has 1 rings (SSSR count). The first kappa shape index (κ1) is 13.5. The van der Waals surface area contributed by atoms with E-state index in [0.29, 0.717) is 24.8 Å². The van der Waals surface area contributed by atoms with Gasteiger partial charge in [-0.3, -0.25) is 4.79 Å². The molecule has 0 aliphatic heterocycles. The Kier molecular flexibility index (Phi) is 6.46. The minimum absolute atomic E-state index is 0.0887. The Bertz CT molecular complexity index is 198. The second-order valence-electron chi connectivity index (χ2n) is 4.93. The van der Waals surface area contributed by atoms with Gasteiger partial charge in [0.05, 0.1) is 0 Å². The van der Waals surface area contributed by atoms with Crippen LogP contribution in [0.25, 0.3) is 0 Å². The molecule has 0 radical (unpaired) electrons. The van der Waals surface area contributed by atoms with Gasteiger partial charge in [-0.2, -0.15) is 0 Å². The minimum atomic E-state index is 0.0887. The first-order valence-electron chi connectivity index (χ1n) is 6.64. The van der Waals surface area contributed by atoms with Crippen LogP contribution in [0.15, 0.2) is 0 Å². The van der Waals surface area contributed by atoms with Crippen LogP contribution in [0.4, 0.5) is 0 Å². The topological polar surface area (TPSA) is 49.3 Å². The summed E-state index contributed by atoms with van der Waals surface area (Å²) < 4.78 is 0. The van der Waals surface area contributed by atoms with Crippen LogP contribution in [-0.4, -0.2) is 23.7 Å². The number of rotatable bonds is 5. The van der Waals surface area contributed by atoms with Gasteiger partial charge in [-0.15, -0.1) is 0 Å². The number of carbonyl (C=O) groups excluding carboxylic acids is 1. The summed E-state index contributed by atoms with van der Waals surface area (Å²) in [5, 5.41) is 11.7. The lowest BCUT2D eigenvalue weighted by Crippen LogP contribution is -2.37. The van der Waals surface area contributed by atoms with E-state index < -0.39 is 0 Å². The number of amides is 1. The summed E-state index contributed by atoms with van der Waals surface area (Å²) in [6.45, 7) is 2.22. The van der Waals surface area contributed by atoms with E-state index in [1.165, 1.54) is 38.5 Å². The van der Waals surface area contributed by atoms with E-state index in [1.54, 1.807) is 0 Å². The van der Waals surface area contributed by atoms with Crippen molar-refractivity contribution in [2.24, 2.45) is 5.92 Å². The highest BCUT2D eigenvalue weighted by Gasteiger charge is 2.20. The van der Waals surface area contributed by atoms with Crippen molar-refractivity contribution in [2.45, 2.75) is 64.3 Å². The van der Waals surface area contributed by atoms with Crippen molar-refractivity contribution in [3.8, 4) is 0 Å². The molecule has 0 bridgehead atoms. The van der Waals surface area contributed by atoms with Gasteiger partial charge < -0.3 is 10.4 Å². The molecule has 1 fully saturated rings. The average molecular weight is 227 g/mol. The van der Waals surface area contributed by atoms with Crippen LogP contribution in [0.2, 0.25) is 0 Å². The van der Waals surface area contributed by atoms with Gasteiger partial charge >= 0.3 is 0 Å². The first-order chi connectivity index (χ1) is 7.74. The predicted octanol–water partition coefficient (Wildman–Crippen LogP) is 2.23. The summed E-state index contributed by atoms with van der Waals surface area (Å²) in [5.41, 5.74) is 0. The molecule has 1 aliphatic carbocycles. The summed E-state index contributed by atoms with van der Waals surface area (Å²) in [5.74, 6) is 0.742. The summed E-state index contributed by atoms with van der Waals surface area (Å²) in [4.78, 5) is 11.5. The predicted molar refractivity (Wildman–Crippen MR) is 65.1 cm³/mol. The van der Waals surface area contributed by atoms with Gasteiger partial charge in [0.2, 0.25) is 5.91 Å². The molecule has 3 heteroatoms. The zero-order valence-electron chi connectivity index (χ0n) is 10.4. The molecular formula is C13H25NO2. The van der Waals surface area contributed by atoms with E-state index in [4.69, 9.17) is 5.11 Å². The Balaban J connectivity index is 2.26. The third-order valence-corrected chi connectivity index (χ3v) is 3.56. The highest BCUT2D eigenvalue weighted by molar-refractivity contribution is 5.76. The van der Waals surface area contributed by atoms with Crippen molar-refractivity contribution < 1.29 is 9.90 Å². The molecule has 0 spiro atoms. The fourth-order valence-electron chi connectivity index (χ4n) is 2.49. The number of carbonyl (C=O) groups is 1. The molecule has 0 aromatic rings. The van der Waals surface area contributed by atoms with Gasteiger partial charge in [-0.25, -0.2) is 0 Å². The van der Waals surface area contributed by atoms with Crippen LogP contribution in [0.3, 0.4) is 0 Å². The van der Waals surface area contributed by atoms with Gasteiger partial charge in [0.25, 0.3) is 0 Å². The highest BCUT2D eigenvalue weighted by Crippen LogP contribution is 2.25. The van der Waals surface area contributed by atoms with Gasteiger partial charge in [-0.1, -0.05) is 25.7 Å².